The first-order valence-corrected chi connectivity index (χ1v) is 8.46. The molecule has 1 unspecified atom stereocenters. The van der Waals surface area contributed by atoms with Crippen molar-refractivity contribution in [2.45, 2.75) is 52.7 Å². The molecule has 1 atom stereocenters. The van der Waals surface area contributed by atoms with Crippen molar-refractivity contribution in [3.8, 4) is 6.07 Å². The maximum absolute atomic E-state index is 13.3. The summed E-state index contributed by atoms with van der Waals surface area (Å²) in [5, 5.41) is 12.6. The van der Waals surface area contributed by atoms with Gasteiger partial charge in [0.2, 0.25) is 0 Å². The first kappa shape index (κ1) is 19.0. The van der Waals surface area contributed by atoms with E-state index in [2.05, 4.69) is 19.2 Å². The van der Waals surface area contributed by atoms with Crippen LogP contribution >= 0.6 is 0 Å². The molecule has 1 saturated heterocycles. The molecule has 2 rings (SSSR count). The van der Waals surface area contributed by atoms with Crippen molar-refractivity contribution in [3.63, 3.8) is 0 Å². The minimum absolute atomic E-state index is 0.0590. The molecule has 1 aliphatic rings. The molecule has 6 heteroatoms. The lowest BCUT2D eigenvalue weighted by molar-refractivity contribution is 0.00691. The molecular formula is C19H26FN3O2. The van der Waals surface area contributed by atoms with Crippen molar-refractivity contribution in [3.05, 3.63) is 29.6 Å². The monoisotopic (exact) mass is 347 g/mol. The lowest BCUT2D eigenvalue weighted by Crippen LogP contribution is -2.54. The van der Waals surface area contributed by atoms with E-state index in [9.17, 15) is 14.4 Å². The second kappa shape index (κ2) is 6.91. The number of hydrogen-bond acceptors (Lipinski definition) is 4. The molecule has 1 N–H and O–H groups in total. The van der Waals surface area contributed by atoms with Gasteiger partial charge in [0.25, 0.3) is 0 Å². The fraction of sp³-hybridized carbons (Fsp3) is 0.579. The van der Waals surface area contributed by atoms with E-state index in [0.29, 0.717) is 25.2 Å². The Kier molecular flexibility index (Phi) is 5.26. The summed E-state index contributed by atoms with van der Waals surface area (Å²) >= 11 is 0. The zero-order valence-corrected chi connectivity index (χ0v) is 15.5. The second-order valence-electron chi connectivity index (χ2n) is 8.18. The van der Waals surface area contributed by atoms with Gasteiger partial charge < -0.3 is 15.0 Å². The molecule has 5 nitrogen and oxygen atoms in total. The normalized spacial score (nSPS) is 19.9. The molecule has 1 aliphatic heterocycles. The summed E-state index contributed by atoms with van der Waals surface area (Å²) in [5.74, 6) is -0.430. The van der Waals surface area contributed by atoms with Gasteiger partial charge in [-0.15, -0.1) is 0 Å². The number of rotatable bonds is 2. The lowest BCUT2D eigenvalue weighted by Gasteiger charge is -2.45. The molecule has 1 heterocycles. The Morgan fingerprint density at radius 2 is 2.12 bits per heavy atom. The van der Waals surface area contributed by atoms with E-state index in [1.54, 1.807) is 11.0 Å². The van der Waals surface area contributed by atoms with Crippen LogP contribution in [0.1, 0.15) is 46.6 Å². The Hall–Kier alpha value is -2.29. The number of piperidine rings is 1. The Bertz CT molecular complexity index is 689. The number of nitrogens with zero attached hydrogens (tertiary/aromatic N) is 2. The predicted octanol–water partition coefficient (Wildman–Crippen LogP) is 4.14. The highest BCUT2D eigenvalue weighted by molar-refractivity contribution is 5.68. The molecule has 0 aromatic heterocycles. The van der Waals surface area contributed by atoms with Gasteiger partial charge in [-0.05, 0) is 45.4 Å². The zero-order valence-electron chi connectivity index (χ0n) is 15.5. The van der Waals surface area contributed by atoms with Crippen LogP contribution in [-0.4, -0.2) is 35.7 Å². The number of hydrogen-bond donors (Lipinski definition) is 1. The van der Waals surface area contributed by atoms with Crippen LogP contribution in [0.15, 0.2) is 18.2 Å². The van der Waals surface area contributed by atoms with Gasteiger partial charge in [-0.25, -0.2) is 9.18 Å². The molecule has 0 spiro atoms. The highest BCUT2D eigenvalue weighted by Crippen LogP contribution is 2.33. The summed E-state index contributed by atoms with van der Waals surface area (Å²) in [7, 11) is 0. The number of likely N-dealkylation sites (tertiary alicyclic amines) is 1. The van der Waals surface area contributed by atoms with E-state index < -0.39 is 11.4 Å². The Labute approximate surface area is 148 Å². The first-order chi connectivity index (χ1) is 11.5. The van der Waals surface area contributed by atoms with Crippen LogP contribution in [0.3, 0.4) is 0 Å². The number of anilines is 1. The average molecular weight is 347 g/mol. The van der Waals surface area contributed by atoms with Gasteiger partial charge in [-0.1, -0.05) is 13.8 Å². The van der Waals surface area contributed by atoms with Crippen molar-refractivity contribution in [1.29, 1.82) is 5.26 Å². The highest BCUT2D eigenvalue weighted by atomic mass is 19.1. The van der Waals surface area contributed by atoms with Crippen molar-refractivity contribution < 1.29 is 13.9 Å². The first-order valence-electron chi connectivity index (χ1n) is 8.46. The van der Waals surface area contributed by atoms with E-state index in [0.717, 1.165) is 0 Å². The van der Waals surface area contributed by atoms with Crippen molar-refractivity contribution in [1.82, 2.24) is 4.90 Å². The van der Waals surface area contributed by atoms with Gasteiger partial charge >= 0.3 is 6.09 Å². The van der Waals surface area contributed by atoms with Crippen LogP contribution in [0.2, 0.25) is 0 Å². The molecule has 1 aromatic carbocycles. The van der Waals surface area contributed by atoms with Gasteiger partial charge in [-0.2, -0.15) is 5.26 Å². The number of amides is 1. The zero-order chi connectivity index (χ0) is 18.8. The topological polar surface area (TPSA) is 65.4 Å². The van der Waals surface area contributed by atoms with Crippen molar-refractivity contribution in [2.24, 2.45) is 5.41 Å². The van der Waals surface area contributed by atoms with E-state index in [-0.39, 0.29) is 23.1 Å². The SMILES string of the molecule is CC(C)(C)OC(=O)N1CCC(Nc2ccc(F)cc2C#N)C(C)(C)C1. The summed E-state index contributed by atoms with van der Waals surface area (Å²) in [6.45, 7) is 10.8. The largest absolute Gasteiger partial charge is 0.444 e. The molecule has 1 fully saturated rings. The number of carbonyl (C=O) groups is 1. The van der Waals surface area contributed by atoms with Gasteiger partial charge in [0.15, 0.2) is 0 Å². The summed E-state index contributed by atoms with van der Waals surface area (Å²) < 4.78 is 18.8. The Morgan fingerprint density at radius 3 is 2.68 bits per heavy atom. The number of carbonyl (C=O) groups excluding carboxylic acids is 1. The molecular weight excluding hydrogens is 321 g/mol. The van der Waals surface area contributed by atoms with Gasteiger partial charge in [0, 0.05) is 24.5 Å². The fourth-order valence-corrected chi connectivity index (χ4v) is 3.03. The Balaban J connectivity index is 2.09. The second-order valence-corrected chi connectivity index (χ2v) is 8.18. The van der Waals surface area contributed by atoms with Gasteiger partial charge in [0.1, 0.15) is 17.5 Å². The molecule has 0 bridgehead atoms. The standard InChI is InChI=1S/C19H26FN3O2/c1-18(2,3)25-17(24)23-9-8-16(19(4,5)12-23)22-15-7-6-14(20)10-13(15)11-21/h6-7,10,16,22H,8-9,12H2,1-5H3. The fourth-order valence-electron chi connectivity index (χ4n) is 3.03. The van der Waals surface area contributed by atoms with E-state index in [1.165, 1.54) is 12.1 Å². The van der Waals surface area contributed by atoms with Crippen LogP contribution in [0.25, 0.3) is 0 Å². The molecule has 25 heavy (non-hydrogen) atoms. The van der Waals surface area contributed by atoms with E-state index >= 15 is 0 Å². The third-order valence-corrected chi connectivity index (χ3v) is 4.31. The third kappa shape index (κ3) is 4.85. The maximum atomic E-state index is 13.3. The minimum atomic E-state index is -0.522. The lowest BCUT2D eigenvalue weighted by atomic mass is 9.79. The summed E-state index contributed by atoms with van der Waals surface area (Å²) in [5.41, 5.74) is 0.153. The maximum Gasteiger partial charge on any atom is 0.410 e. The third-order valence-electron chi connectivity index (χ3n) is 4.31. The van der Waals surface area contributed by atoms with Crippen molar-refractivity contribution in [2.75, 3.05) is 18.4 Å². The highest BCUT2D eigenvalue weighted by Gasteiger charge is 2.39. The van der Waals surface area contributed by atoms with Gasteiger partial charge in [0.05, 0.1) is 11.3 Å². The summed E-state index contributed by atoms with van der Waals surface area (Å²) in [4.78, 5) is 14.0. The molecule has 0 aliphatic carbocycles. The average Bonchev–Trinajstić information content (AvgIpc) is 2.48. The van der Waals surface area contributed by atoms with E-state index in [4.69, 9.17) is 4.74 Å². The van der Waals surface area contributed by atoms with Crippen LogP contribution in [-0.2, 0) is 4.74 Å². The van der Waals surface area contributed by atoms with Gasteiger partial charge in [-0.3, -0.25) is 0 Å². The predicted molar refractivity (Wildman–Crippen MR) is 94.7 cm³/mol. The van der Waals surface area contributed by atoms with Crippen LogP contribution in [0.4, 0.5) is 14.9 Å². The summed E-state index contributed by atoms with van der Waals surface area (Å²) in [6.07, 6.45) is 0.410. The number of ether oxygens (including phenoxy) is 1. The smallest absolute Gasteiger partial charge is 0.410 e. The number of benzene rings is 1. The molecule has 1 amide bonds. The van der Waals surface area contributed by atoms with E-state index in [1.807, 2.05) is 26.8 Å². The molecule has 1 aromatic rings. The quantitative estimate of drug-likeness (QED) is 0.873. The van der Waals surface area contributed by atoms with Crippen molar-refractivity contribution >= 4 is 11.8 Å². The number of nitriles is 1. The molecule has 0 radical (unpaired) electrons. The summed E-state index contributed by atoms with van der Waals surface area (Å²) in [6, 6.07) is 6.23. The molecule has 136 valence electrons. The van der Waals surface area contributed by atoms with Crippen LogP contribution in [0, 0.1) is 22.6 Å². The number of halogens is 1. The van der Waals surface area contributed by atoms with Crippen LogP contribution < -0.4 is 5.32 Å². The Morgan fingerprint density at radius 1 is 1.44 bits per heavy atom. The van der Waals surface area contributed by atoms with Crippen LogP contribution in [0.5, 0.6) is 0 Å². The number of nitrogens with one attached hydrogen (secondary N) is 1. The molecule has 0 saturated carbocycles. The minimum Gasteiger partial charge on any atom is -0.444 e.